The Balaban J connectivity index is 1.47. The van der Waals surface area contributed by atoms with Crippen molar-refractivity contribution in [1.29, 1.82) is 0 Å². The molecule has 0 bridgehead atoms. The van der Waals surface area contributed by atoms with Crippen LogP contribution in [-0.4, -0.2) is 42.6 Å². The zero-order valence-electron chi connectivity index (χ0n) is 15.1. The van der Waals surface area contributed by atoms with E-state index in [9.17, 15) is 0 Å². The number of imidazole rings is 1. The molecule has 0 saturated carbocycles. The zero-order valence-corrected chi connectivity index (χ0v) is 15.1. The highest BCUT2D eigenvalue weighted by atomic mass is 15.2. The number of rotatable bonds is 6. The van der Waals surface area contributed by atoms with E-state index in [1.807, 2.05) is 54.4 Å². The smallest absolute Gasteiger partial charge is 0.162 e. The van der Waals surface area contributed by atoms with Crippen LogP contribution in [0.1, 0.15) is 11.4 Å². The molecule has 0 fully saturated rings. The van der Waals surface area contributed by atoms with Gasteiger partial charge in [-0.15, -0.1) is 0 Å². The predicted octanol–water partition coefficient (Wildman–Crippen LogP) is 3.03. The molecule has 0 aliphatic heterocycles. The van der Waals surface area contributed by atoms with Gasteiger partial charge < -0.3 is 9.47 Å². The van der Waals surface area contributed by atoms with Gasteiger partial charge in [-0.05, 0) is 19.5 Å². The van der Waals surface area contributed by atoms with Gasteiger partial charge in [-0.1, -0.05) is 30.3 Å². The molecule has 0 spiro atoms. The van der Waals surface area contributed by atoms with Gasteiger partial charge in [-0.3, -0.25) is 0 Å². The highest BCUT2D eigenvalue weighted by Gasteiger charge is 2.09. The minimum Gasteiger partial charge on any atom is -0.334 e. The highest BCUT2D eigenvalue weighted by molar-refractivity contribution is 5.76. The molecule has 4 rings (SSSR count). The van der Waals surface area contributed by atoms with Crippen LogP contribution in [0.5, 0.6) is 0 Å². The van der Waals surface area contributed by atoms with Crippen molar-refractivity contribution in [2.24, 2.45) is 0 Å². The molecular formula is C20H22N6. The van der Waals surface area contributed by atoms with Crippen molar-refractivity contribution in [3.63, 3.8) is 0 Å². The number of likely N-dealkylation sites (N-methyl/N-ethyl adjacent to an activating group) is 1. The second-order valence-corrected chi connectivity index (χ2v) is 6.56. The SMILES string of the molecule is Cc1nccn1CCN(C)Cc1cnc2c(-c3ccccc3)cnn2c1. The molecule has 0 aliphatic rings. The Morgan fingerprint density at radius 3 is 2.69 bits per heavy atom. The van der Waals surface area contributed by atoms with E-state index in [0.717, 1.165) is 47.8 Å². The normalized spacial score (nSPS) is 11.5. The van der Waals surface area contributed by atoms with E-state index in [0.29, 0.717) is 0 Å². The first-order chi connectivity index (χ1) is 12.7. The van der Waals surface area contributed by atoms with Gasteiger partial charge in [-0.25, -0.2) is 14.5 Å². The highest BCUT2D eigenvalue weighted by Crippen LogP contribution is 2.22. The number of nitrogens with zero attached hydrogens (tertiary/aromatic N) is 6. The molecule has 0 radical (unpaired) electrons. The topological polar surface area (TPSA) is 51.2 Å². The number of aromatic nitrogens is 5. The molecule has 0 atom stereocenters. The van der Waals surface area contributed by atoms with Gasteiger partial charge in [0.15, 0.2) is 5.65 Å². The summed E-state index contributed by atoms with van der Waals surface area (Å²) in [5, 5.41) is 4.48. The van der Waals surface area contributed by atoms with Crippen LogP contribution in [0.3, 0.4) is 0 Å². The van der Waals surface area contributed by atoms with E-state index >= 15 is 0 Å². The van der Waals surface area contributed by atoms with Crippen LogP contribution < -0.4 is 0 Å². The lowest BCUT2D eigenvalue weighted by atomic mass is 10.1. The molecule has 0 N–H and O–H groups in total. The van der Waals surface area contributed by atoms with E-state index in [-0.39, 0.29) is 0 Å². The molecule has 1 aromatic carbocycles. The number of hydrogen-bond acceptors (Lipinski definition) is 4. The summed E-state index contributed by atoms with van der Waals surface area (Å²) in [5.74, 6) is 1.05. The van der Waals surface area contributed by atoms with Crippen LogP contribution in [0.25, 0.3) is 16.8 Å². The molecule has 3 heterocycles. The summed E-state index contributed by atoms with van der Waals surface area (Å²) in [6.45, 7) is 4.73. The fourth-order valence-corrected chi connectivity index (χ4v) is 3.13. The lowest BCUT2D eigenvalue weighted by Crippen LogP contribution is -2.23. The Morgan fingerprint density at radius 2 is 1.92 bits per heavy atom. The van der Waals surface area contributed by atoms with Gasteiger partial charge in [0.2, 0.25) is 0 Å². The number of hydrogen-bond donors (Lipinski definition) is 0. The van der Waals surface area contributed by atoms with Crippen molar-refractivity contribution < 1.29 is 0 Å². The summed E-state index contributed by atoms with van der Waals surface area (Å²) in [7, 11) is 2.12. The number of aryl methyl sites for hydroxylation is 1. The molecule has 4 aromatic rings. The Bertz CT molecular complexity index is 1000. The predicted molar refractivity (Wildman–Crippen MR) is 102 cm³/mol. The van der Waals surface area contributed by atoms with Crippen LogP contribution >= 0.6 is 0 Å². The summed E-state index contributed by atoms with van der Waals surface area (Å²) in [4.78, 5) is 11.2. The van der Waals surface area contributed by atoms with Crippen molar-refractivity contribution in [3.05, 3.63) is 72.7 Å². The van der Waals surface area contributed by atoms with Crippen LogP contribution in [0.2, 0.25) is 0 Å². The van der Waals surface area contributed by atoms with E-state index in [2.05, 4.69) is 49.9 Å². The molecule has 6 heteroatoms. The summed E-state index contributed by atoms with van der Waals surface area (Å²) in [6.07, 6.45) is 9.75. The standard InChI is InChI=1S/C20H22N6/c1-16-21-8-9-25(16)11-10-24(2)14-17-12-22-20-19(13-23-26(20)15-17)18-6-4-3-5-7-18/h3-9,12-13,15H,10-11,14H2,1-2H3. The monoisotopic (exact) mass is 346 g/mol. The first-order valence-electron chi connectivity index (χ1n) is 8.74. The second kappa shape index (κ2) is 7.09. The Hall–Kier alpha value is -2.99. The first-order valence-corrected chi connectivity index (χ1v) is 8.74. The molecule has 0 aliphatic carbocycles. The largest absolute Gasteiger partial charge is 0.334 e. The number of benzene rings is 1. The maximum Gasteiger partial charge on any atom is 0.162 e. The molecule has 0 saturated heterocycles. The molecule has 132 valence electrons. The molecule has 26 heavy (non-hydrogen) atoms. The third-order valence-corrected chi connectivity index (χ3v) is 4.59. The van der Waals surface area contributed by atoms with Gasteiger partial charge in [-0.2, -0.15) is 5.10 Å². The number of fused-ring (bicyclic) bond motifs is 1. The van der Waals surface area contributed by atoms with Crippen molar-refractivity contribution in [1.82, 2.24) is 29.0 Å². The molecule has 3 aromatic heterocycles. The Labute approximate surface area is 152 Å². The van der Waals surface area contributed by atoms with E-state index in [1.54, 1.807) is 0 Å². The second-order valence-electron chi connectivity index (χ2n) is 6.56. The van der Waals surface area contributed by atoms with Gasteiger partial charge in [0.1, 0.15) is 5.82 Å². The quantitative estimate of drug-likeness (QED) is 0.538. The molecule has 0 amide bonds. The lowest BCUT2D eigenvalue weighted by Gasteiger charge is -2.17. The Kier molecular flexibility index (Phi) is 4.50. The van der Waals surface area contributed by atoms with Crippen molar-refractivity contribution in [2.45, 2.75) is 20.0 Å². The fourth-order valence-electron chi connectivity index (χ4n) is 3.13. The first kappa shape index (κ1) is 16.5. The van der Waals surface area contributed by atoms with Crippen LogP contribution in [0.15, 0.2) is 61.3 Å². The van der Waals surface area contributed by atoms with Crippen molar-refractivity contribution in [3.8, 4) is 11.1 Å². The van der Waals surface area contributed by atoms with Gasteiger partial charge >= 0.3 is 0 Å². The van der Waals surface area contributed by atoms with Crippen LogP contribution in [0.4, 0.5) is 0 Å². The molecule has 6 nitrogen and oxygen atoms in total. The third-order valence-electron chi connectivity index (χ3n) is 4.59. The zero-order chi connectivity index (χ0) is 17.9. The minimum absolute atomic E-state index is 0.831. The van der Waals surface area contributed by atoms with Crippen LogP contribution in [-0.2, 0) is 13.1 Å². The summed E-state index contributed by atoms with van der Waals surface area (Å²) >= 11 is 0. The maximum atomic E-state index is 4.65. The van der Waals surface area contributed by atoms with Crippen molar-refractivity contribution in [2.75, 3.05) is 13.6 Å². The van der Waals surface area contributed by atoms with E-state index in [1.165, 1.54) is 0 Å². The summed E-state index contributed by atoms with van der Waals surface area (Å²) in [6, 6.07) is 10.2. The van der Waals surface area contributed by atoms with Crippen LogP contribution in [0, 0.1) is 6.92 Å². The average Bonchev–Trinajstić information content (AvgIpc) is 3.26. The van der Waals surface area contributed by atoms with E-state index < -0.39 is 0 Å². The fraction of sp³-hybridized carbons (Fsp3) is 0.250. The van der Waals surface area contributed by atoms with E-state index in [4.69, 9.17) is 0 Å². The molecular weight excluding hydrogens is 324 g/mol. The molecule has 0 unspecified atom stereocenters. The van der Waals surface area contributed by atoms with Crippen molar-refractivity contribution >= 4 is 5.65 Å². The van der Waals surface area contributed by atoms with Gasteiger partial charge in [0.25, 0.3) is 0 Å². The lowest BCUT2D eigenvalue weighted by molar-refractivity contribution is 0.309. The summed E-state index contributed by atoms with van der Waals surface area (Å²) in [5.41, 5.74) is 4.22. The van der Waals surface area contributed by atoms with Gasteiger partial charge in [0, 0.05) is 55.5 Å². The van der Waals surface area contributed by atoms with Gasteiger partial charge in [0.05, 0.1) is 6.20 Å². The third kappa shape index (κ3) is 3.36. The maximum absolute atomic E-state index is 4.65. The average molecular weight is 346 g/mol. The summed E-state index contributed by atoms with van der Waals surface area (Å²) < 4.78 is 4.03. The minimum atomic E-state index is 0.831. The Morgan fingerprint density at radius 1 is 1.08 bits per heavy atom.